The number of hydrogen-bond acceptors (Lipinski definition) is 5. The van der Waals surface area contributed by atoms with E-state index in [0.717, 1.165) is 28.2 Å². The van der Waals surface area contributed by atoms with Crippen LogP contribution in [0.2, 0.25) is 0 Å². The van der Waals surface area contributed by atoms with Crippen LogP contribution in [0.3, 0.4) is 0 Å². The number of ether oxygens (including phenoxy) is 1. The summed E-state index contributed by atoms with van der Waals surface area (Å²) in [7, 11) is 0. The van der Waals surface area contributed by atoms with Gasteiger partial charge in [0.2, 0.25) is 0 Å². The first-order valence-corrected chi connectivity index (χ1v) is 8.51. The zero-order valence-corrected chi connectivity index (χ0v) is 14.1. The molecular weight excluding hydrogens is 326 g/mol. The second-order valence-corrected chi connectivity index (χ2v) is 6.40. The summed E-state index contributed by atoms with van der Waals surface area (Å²) in [4.78, 5) is 30.7. The summed E-state index contributed by atoms with van der Waals surface area (Å²) in [5.74, 6) is 0.601. The van der Waals surface area contributed by atoms with E-state index in [-0.39, 0.29) is 12.5 Å². The van der Waals surface area contributed by atoms with Crippen LogP contribution in [-0.2, 0) is 4.79 Å². The predicted octanol–water partition coefficient (Wildman–Crippen LogP) is 2.93. The first-order valence-electron chi connectivity index (χ1n) is 7.63. The minimum absolute atomic E-state index is 0.0547. The van der Waals surface area contributed by atoms with Crippen LogP contribution in [0.5, 0.6) is 5.75 Å². The highest BCUT2D eigenvalue weighted by molar-refractivity contribution is 7.15. The van der Waals surface area contributed by atoms with E-state index in [1.807, 2.05) is 41.8 Å². The Morgan fingerprint density at radius 2 is 2.25 bits per heavy atom. The predicted molar refractivity (Wildman–Crippen MR) is 92.2 cm³/mol. The molecule has 0 atom stereocenters. The van der Waals surface area contributed by atoms with Gasteiger partial charge in [-0.1, -0.05) is 0 Å². The number of anilines is 1. The maximum absolute atomic E-state index is 12.0. The van der Waals surface area contributed by atoms with Gasteiger partial charge in [0.25, 0.3) is 5.91 Å². The molecule has 0 spiro atoms. The van der Waals surface area contributed by atoms with Crippen molar-refractivity contribution in [1.29, 1.82) is 0 Å². The highest BCUT2D eigenvalue weighted by atomic mass is 32.1. The minimum Gasteiger partial charge on any atom is -0.482 e. The van der Waals surface area contributed by atoms with Gasteiger partial charge in [-0.25, -0.2) is 4.98 Å². The third-order valence-electron chi connectivity index (χ3n) is 4.17. The average molecular weight is 341 g/mol. The van der Waals surface area contributed by atoms with Gasteiger partial charge < -0.3 is 9.64 Å². The number of rotatable bonds is 3. The van der Waals surface area contributed by atoms with Crippen molar-refractivity contribution in [3.63, 3.8) is 0 Å². The van der Waals surface area contributed by atoms with Crippen LogP contribution < -0.4 is 9.64 Å². The van der Waals surface area contributed by atoms with Crippen LogP contribution in [0.4, 0.5) is 5.69 Å². The van der Waals surface area contributed by atoms with Crippen molar-refractivity contribution in [3.8, 4) is 17.0 Å². The van der Waals surface area contributed by atoms with Crippen molar-refractivity contribution >= 4 is 34.2 Å². The van der Waals surface area contributed by atoms with E-state index in [2.05, 4.69) is 4.98 Å². The number of likely N-dealkylation sites (N-methyl/N-ethyl adjacent to an activating group) is 1. The summed E-state index contributed by atoms with van der Waals surface area (Å²) < 4.78 is 7.35. The molecule has 122 valence electrons. The molecule has 0 bridgehead atoms. The van der Waals surface area contributed by atoms with Crippen LogP contribution in [-0.4, -0.2) is 34.7 Å². The molecule has 0 N–H and O–H groups in total. The van der Waals surface area contributed by atoms with Gasteiger partial charge in [0, 0.05) is 23.2 Å². The quantitative estimate of drug-likeness (QED) is 0.687. The smallest absolute Gasteiger partial charge is 0.265 e. The third-order valence-corrected chi connectivity index (χ3v) is 5.12. The van der Waals surface area contributed by atoms with Gasteiger partial charge in [-0.15, -0.1) is 11.3 Å². The fourth-order valence-electron chi connectivity index (χ4n) is 3.04. The number of carbonyl (C=O) groups excluding carboxylic acids is 2. The Balaban J connectivity index is 1.91. The topological polar surface area (TPSA) is 63.9 Å². The van der Waals surface area contributed by atoms with E-state index >= 15 is 0 Å². The van der Waals surface area contributed by atoms with Crippen LogP contribution in [0.25, 0.3) is 16.2 Å². The summed E-state index contributed by atoms with van der Waals surface area (Å²) in [6, 6.07) is 5.57. The Hall–Kier alpha value is -2.67. The van der Waals surface area contributed by atoms with E-state index < -0.39 is 0 Å². The molecule has 1 aliphatic heterocycles. The number of benzene rings is 1. The summed E-state index contributed by atoms with van der Waals surface area (Å²) in [5, 5.41) is 1.97. The molecule has 0 unspecified atom stereocenters. The number of fused-ring (bicyclic) bond motifs is 2. The number of nitrogens with zero attached hydrogens (tertiary/aromatic N) is 3. The van der Waals surface area contributed by atoms with Crippen molar-refractivity contribution in [2.24, 2.45) is 0 Å². The Morgan fingerprint density at radius 1 is 1.42 bits per heavy atom. The van der Waals surface area contributed by atoms with Crippen LogP contribution in [0.1, 0.15) is 23.1 Å². The van der Waals surface area contributed by atoms with Crippen molar-refractivity contribution < 1.29 is 14.3 Å². The molecule has 3 heterocycles. The van der Waals surface area contributed by atoms with E-state index in [9.17, 15) is 9.59 Å². The number of aryl methyl sites for hydroxylation is 1. The van der Waals surface area contributed by atoms with Crippen molar-refractivity contribution in [2.75, 3.05) is 18.1 Å². The zero-order chi connectivity index (χ0) is 16.8. The number of hydrogen-bond donors (Lipinski definition) is 0. The Labute approximate surface area is 142 Å². The summed E-state index contributed by atoms with van der Waals surface area (Å²) in [5.41, 5.74) is 3.63. The van der Waals surface area contributed by atoms with Gasteiger partial charge in [0.15, 0.2) is 17.9 Å². The van der Waals surface area contributed by atoms with Gasteiger partial charge >= 0.3 is 0 Å². The molecule has 0 saturated heterocycles. The molecule has 0 radical (unpaired) electrons. The van der Waals surface area contributed by atoms with Crippen molar-refractivity contribution in [3.05, 3.63) is 35.0 Å². The van der Waals surface area contributed by atoms with E-state index in [1.165, 1.54) is 11.3 Å². The largest absolute Gasteiger partial charge is 0.482 e. The molecule has 3 aromatic rings. The molecule has 4 rings (SSSR count). The van der Waals surface area contributed by atoms with Crippen molar-refractivity contribution in [1.82, 2.24) is 9.38 Å². The number of imidazole rings is 1. The molecule has 24 heavy (non-hydrogen) atoms. The average Bonchev–Trinajstić information content (AvgIpc) is 3.14. The second kappa shape index (κ2) is 5.45. The van der Waals surface area contributed by atoms with Gasteiger partial charge in [-0.2, -0.15) is 0 Å². The fraction of sp³-hybridized carbons (Fsp3) is 0.235. The molecule has 6 nitrogen and oxygen atoms in total. The Bertz CT molecular complexity index is 973. The summed E-state index contributed by atoms with van der Waals surface area (Å²) in [6.45, 7) is 4.49. The summed E-state index contributed by atoms with van der Waals surface area (Å²) >= 11 is 1.50. The van der Waals surface area contributed by atoms with Crippen LogP contribution >= 0.6 is 11.3 Å². The van der Waals surface area contributed by atoms with Gasteiger partial charge in [0.1, 0.15) is 17.1 Å². The molecule has 0 saturated carbocycles. The summed E-state index contributed by atoms with van der Waals surface area (Å²) in [6.07, 6.45) is 0.827. The molecule has 1 amide bonds. The maximum Gasteiger partial charge on any atom is 0.265 e. The lowest BCUT2D eigenvalue weighted by atomic mass is 10.1. The van der Waals surface area contributed by atoms with E-state index in [1.54, 1.807) is 4.90 Å². The van der Waals surface area contributed by atoms with Gasteiger partial charge in [0.05, 0.1) is 5.69 Å². The van der Waals surface area contributed by atoms with Crippen molar-refractivity contribution in [2.45, 2.75) is 13.8 Å². The Morgan fingerprint density at radius 3 is 3.00 bits per heavy atom. The fourth-order valence-corrected chi connectivity index (χ4v) is 3.91. The SMILES string of the molecule is CCN1C(=O)COc2ccc(-c3nc4scc(C)n4c3C=O)cc21. The standard InChI is InChI=1S/C17H15N3O3S/c1-3-19-12-6-11(4-5-14(12)23-8-15(19)22)16-13(7-21)20-10(2)9-24-17(20)18-16/h4-7,9H,3,8H2,1-2H3. The molecule has 0 aliphatic carbocycles. The third kappa shape index (κ3) is 2.05. The molecule has 7 heteroatoms. The van der Waals surface area contributed by atoms with Crippen LogP contribution in [0, 0.1) is 6.92 Å². The first kappa shape index (κ1) is 14.9. The minimum atomic E-state index is -0.0700. The molecular formula is C17H15N3O3S. The molecule has 1 aliphatic rings. The number of aromatic nitrogens is 2. The van der Waals surface area contributed by atoms with E-state index in [0.29, 0.717) is 23.7 Å². The van der Waals surface area contributed by atoms with E-state index in [4.69, 9.17) is 4.74 Å². The normalized spacial score (nSPS) is 13.9. The number of amides is 1. The second-order valence-electron chi connectivity index (χ2n) is 5.57. The highest BCUT2D eigenvalue weighted by Gasteiger charge is 2.25. The maximum atomic E-state index is 12.0. The monoisotopic (exact) mass is 341 g/mol. The molecule has 2 aromatic heterocycles. The zero-order valence-electron chi connectivity index (χ0n) is 13.3. The van der Waals surface area contributed by atoms with Gasteiger partial charge in [-0.3, -0.25) is 14.0 Å². The number of carbonyl (C=O) groups is 2. The number of thiazole rings is 1. The lowest BCUT2D eigenvalue weighted by Gasteiger charge is -2.28. The Kier molecular flexibility index (Phi) is 3.38. The lowest BCUT2D eigenvalue weighted by molar-refractivity contribution is -0.121. The van der Waals surface area contributed by atoms with Crippen LogP contribution in [0.15, 0.2) is 23.6 Å². The molecule has 0 fully saturated rings. The lowest BCUT2D eigenvalue weighted by Crippen LogP contribution is -2.38. The molecule has 1 aromatic carbocycles. The highest BCUT2D eigenvalue weighted by Crippen LogP contribution is 2.37. The van der Waals surface area contributed by atoms with Gasteiger partial charge in [-0.05, 0) is 32.0 Å². The first-order chi connectivity index (χ1) is 11.6. The number of aldehydes is 1.